The van der Waals surface area contributed by atoms with Crippen LogP contribution in [-0.2, 0) is 10.2 Å². The second-order valence-electron chi connectivity index (χ2n) is 6.58. The fourth-order valence-electron chi connectivity index (χ4n) is 2.10. The summed E-state index contributed by atoms with van der Waals surface area (Å²) in [6.45, 7) is 5.73. The Kier molecular flexibility index (Phi) is 5.65. The summed E-state index contributed by atoms with van der Waals surface area (Å²) < 4.78 is 94.4. The van der Waals surface area contributed by atoms with Gasteiger partial charge in [-0.3, -0.25) is 0 Å². The van der Waals surface area contributed by atoms with Gasteiger partial charge in [-0.1, -0.05) is 45.0 Å². The highest BCUT2D eigenvalue weighted by Gasteiger charge is 2.73. The summed E-state index contributed by atoms with van der Waals surface area (Å²) in [5, 5.41) is 0. The van der Waals surface area contributed by atoms with E-state index in [1.165, 1.54) is 12.1 Å². The van der Waals surface area contributed by atoms with Crippen LogP contribution in [0.1, 0.15) is 44.4 Å². The first kappa shape index (κ1) is 20.7. The zero-order valence-corrected chi connectivity index (χ0v) is 13.6. The topological polar surface area (TPSA) is 9.23 Å². The van der Waals surface area contributed by atoms with E-state index in [4.69, 9.17) is 4.74 Å². The average Bonchev–Trinajstić information content (AvgIpc) is 2.42. The fraction of sp³-hybridized carbons (Fsp3) is 0.625. The number of methoxy groups -OCH3 is 1. The molecule has 0 bridgehead atoms. The van der Waals surface area contributed by atoms with Crippen molar-refractivity contribution in [2.24, 2.45) is 0 Å². The van der Waals surface area contributed by atoms with E-state index in [2.05, 4.69) is 0 Å². The van der Waals surface area contributed by atoms with Crippen LogP contribution in [0.2, 0.25) is 0 Å². The molecule has 138 valence electrons. The van der Waals surface area contributed by atoms with Gasteiger partial charge < -0.3 is 4.74 Å². The van der Waals surface area contributed by atoms with E-state index >= 15 is 0 Å². The Morgan fingerprint density at radius 2 is 1.33 bits per heavy atom. The number of hydrogen-bond donors (Lipinski definition) is 0. The van der Waals surface area contributed by atoms with Crippen LogP contribution in [0.25, 0.3) is 0 Å². The summed E-state index contributed by atoms with van der Waals surface area (Å²) in [6.07, 6.45) is -9.72. The lowest BCUT2D eigenvalue weighted by Crippen LogP contribution is -2.52. The van der Waals surface area contributed by atoms with Crippen molar-refractivity contribution < 1.29 is 35.5 Å². The number of rotatable bonds is 5. The molecule has 0 fully saturated rings. The van der Waals surface area contributed by atoms with Crippen LogP contribution >= 0.6 is 0 Å². The predicted octanol–water partition coefficient (Wildman–Crippen LogP) is 5.89. The number of benzene rings is 1. The molecular formula is C16H19F7O. The molecule has 0 aliphatic carbocycles. The third-order valence-corrected chi connectivity index (χ3v) is 3.69. The first-order valence-corrected chi connectivity index (χ1v) is 7.09. The van der Waals surface area contributed by atoms with Gasteiger partial charge in [-0.15, -0.1) is 0 Å². The lowest BCUT2D eigenvalue weighted by Gasteiger charge is -2.30. The Morgan fingerprint density at radius 1 is 0.875 bits per heavy atom. The monoisotopic (exact) mass is 360 g/mol. The summed E-state index contributed by atoms with van der Waals surface area (Å²) in [4.78, 5) is 0. The largest absolute Gasteiger partial charge is 0.459 e. The minimum absolute atomic E-state index is 0.100. The summed E-state index contributed by atoms with van der Waals surface area (Å²) in [6, 6.07) is 5.97. The van der Waals surface area contributed by atoms with Crippen molar-refractivity contribution in [3.05, 3.63) is 35.4 Å². The predicted molar refractivity (Wildman–Crippen MR) is 75.5 cm³/mol. The molecular weight excluding hydrogens is 341 g/mol. The maximum absolute atomic E-state index is 13.5. The van der Waals surface area contributed by atoms with Crippen molar-refractivity contribution in [1.29, 1.82) is 0 Å². The molecule has 1 atom stereocenters. The Morgan fingerprint density at radius 3 is 1.67 bits per heavy atom. The third-order valence-electron chi connectivity index (χ3n) is 3.69. The van der Waals surface area contributed by atoms with Gasteiger partial charge in [-0.05, 0) is 16.5 Å². The quantitative estimate of drug-likeness (QED) is 0.595. The number of hydrogen-bond acceptors (Lipinski definition) is 1. The summed E-state index contributed by atoms with van der Waals surface area (Å²) in [7, 11) is 0.976. The van der Waals surface area contributed by atoms with Gasteiger partial charge in [-0.25, -0.2) is 0 Å². The zero-order chi connectivity index (χ0) is 19.0. The summed E-state index contributed by atoms with van der Waals surface area (Å²) in [5.74, 6) is -11.4. The lowest BCUT2D eigenvalue weighted by molar-refractivity contribution is -0.358. The molecule has 1 rings (SSSR count). The highest BCUT2D eigenvalue weighted by Crippen LogP contribution is 2.50. The maximum atomic E-state index is 13.5. The summed E-state index contributed by atoms with van der Waals surface area (Å²) >= 11 is 0. The zero-order valence-electron chi connectivity index (χ0n) is 13.6. The van der Waals surface area contributed by atoms with Gasteiger partial charge in [0, 0.05) is 13.5 Å². The van der Waals surface area contributed by atoms with E-state index in [1.54, 1.807) is 12.1 Å². The molecule has 0 saturated heterocycles. The molecule has 0 N–H and O–H groups in total. The van der Waals surface area contributed by atoms with Crippen molar-refractivity contribution >= 4 is 0 Å². The van der Waals surface area contributed by atoms with Crippen molar-refractivity contribution in [3.63, 3.8) is 0 Å². The van der Waals surface area contributed by atoms with Gasteiger partial charge in [-0.2, -0.15) is 30.7 Å². The molecule has 24 heavy (non-hydrogen) atoms. The molecule has 0 spiro atoms. The number of alkyl halides is 7. The third kappa shape index (κ3) is 4.20. The number of ether oxygens (including phenoxy) is 1. The van der Waals surface area contributed by atoms with Crippen LogP contribution < -0.4 is 0 Å². The van der Waals surface area contributed by atoms with Crippen molar-refractivity contribution in [2.45, 2.75) is 56.7 Å². The number of halogens is 7. The van der Waals surface area contributed by atoms with Crippen LogP contribution in [0, 0.1) is 0 Å². The molecule has 1 aromatic rings. The van der Waals surface area contributed by atoms with E-state index in [0.717, 1.165) is 12.7 Å². The Hall–Kier alpha value is -1.31. The van der Waals surface area contributed by atoms with Gasteiger partial charge in [0.25, 0.3) is 0 Å². The average molecular weight is 360 g/mol. The molecule has 0 aliphatic rings. The van der Waals surface area contributed by atoms with Gasteiger partial charge in [0.05, 0.1) is 6.10 Å². The molecule has 0 saturated carbocycles. The molecule has 0 aliphatic heterocycles. The molecule has 0 aromatic heterocycles. The van der Waals surface area contributed by atoms with Crippen LogP contribution in [0.3, 0.4) is 0 Å². The van der Waals surface area contributed by atoms with Gasteiger partial charge >= 0.3 is 18.0 Å². The molecule has 0 radical (unpaired) electrons. The van der Waals surface area contributed by atoms with E-state index < -0.39 is 30.5 Å². The second kappa shape index (κ2) is 6.54. The van der Waals surface area contributed by atoms with Crippen molar-refractivity contribution in [1.82, 2.24) is 0 Å². The highest BCUT2D eigenvalue weighted by atomic mass is 19.4. The van der Waals surface area contributed by atoms with Crippen LogP contribution in [-0.4, -0.2) is 25.1 Å². The van der Waals surface area contributed by atoms with Crippen LogP contribution in [0.15, 0.2) is 24.3 Å². The van der Waals surface area contributed by atoms with Gasteiger partial charge in [0.15, 0.2) is 0 Å². The molecule has 0 heterocycles. The summed E-state index contributed by atoms with van der Waals surface area (Å²) in [5.41, 5.74) is 0.727. The fourth-order valence-corrected chi connectivity index (χ4v) is 2.10. The highest BCUT2D eigenvalue weighted by molar-refractivity contribution is 5.29. The Balaban J connectivity index is 3.07. The SMILES string of the molecule is COC(CC(F)(F)C(F)(F)C(F)(F)F)c1ccc(C(C)(C)C)cc1. The molecule has 1 aromatic carbocycles. The van der Waals surface area contributed by atoms with Gasteiger partial charge in [0.1, 0.15) is 0 Å². The Bertz CT molecular complexity index is 541. The van der Waals surface area contributed by atoms with Gasteiger partial charge in [0.2, 0.25) is 0 Å². The lowest BCUT2D eigenvalue weighted by atomic mass is 9.86. The van der Waals surface area contributed by atoms with Crippen molar-refractivity contribution in [2.75, 3.05) is 7.11 Å². The molecule has 0 amide bonds. The van der Waals surface area contributed by atoms with E-state index in [9.17, 15) is 30.7 Å². The second-order valence-corrected chi connectivity index (χ2v) is 6.58. The standard InChI is InChI=1S/C16H19F7O/c1-13(2,3)11-7-5-10(6-8-11)12(24-4)9-14(17,18)15(19,20)16(21,22)23/h5-8,12H,9H2,1-4H3. The maximum Gasteiger partial charge on any atom is 0.459 e. The van der Waals surface area contributed by atoms with Crippen LogP contribution in [0.5, 0.6) is 0 Å². The van der Waals surface area contributed by atoms with E-state index in [-0.39, 0.29) is 11.0 Å². The Labute approximate surface area is 135 Å². The molecule has 8 heteroatoms. The first-order chi connectivity index (χ1) is 10.6. The van der Waals surface area contributed by atoms with E-state index in [1.807, 2.05) is 20.8 Å². The van der Waals surface area contributed by atoms with Crippen LogP contribution in [0.4, 0.5) is 30.7 Å². The van der Waals surface area contributed by atoms with E-state index in [0.29, 0.717) is 0 Å². The molecule has 1 nitrogen and oxygen atoms in total. The van der Waals surface area contributed by atoms with Crippen molar-refractivity contribution in [3.8, 4) is 0 Å². The first-order valence-electron chi connectivity index (χ1n) is 7.09. The molecule has 1 unspecified atom stereocenters. The smallest absolute Gasteiger partial charge is 0.377 e. The minimum atomic E-state index is -6.34. The normalized spacial score (nSPS) is 15.5. The minimum Gasteiger partial charge on any atom is -0.377 e.